The van der Waals surface area contributed by atoms with Crippen LogP contribution in [0.5, 0.6) is 0 Å². The van der Waals surface area contributed by atoms with Gasteiger partial charge in [0.15, 0.2) is 0 Å². The van der Waals surface area contributed by atoms with E-state index in [1.165, 1.54) is 41.9 Å². The van der Waals surface area contributed by atoms with E-state index in [0.29, 0.717) is 11.3 Å². The van der Waals surface area contributed by atoms with Gasteiger partial charge in [-0.25, -0.2) is 0 Å². The number of hydrogen-bond donors (Lipinski definition) is 0. The van der Waals surface area contributed by atoms with E-state index in [4.69, 9.17) is 0 Å². The lowest BCUT2D eigenvalue weighted by Gasteiger charge is -2.29. The zero-order chi connectivity index (χ0) is 20.0. The number of anilines is 3. The summed E-state index contributed by atoms with van der Waals surface area (Å²) in [6, 6.07) is 30.3. The Balaban J connectivity index is 1.87. The number of para-hydroxylation sites is 2. The zero-order valence-electron chi connectivity index (χ0n) is 17.7. The molecule has 0 aliphatic heterocycles. The Kier molecular flexibility index (Phi) is 6.57. The SMILES string of the molecule is CCCC(C)(C)CC(C)c1ccc(N(c2ccccc2)c2ccccc2)cc1. The van der Waals surface area contributed by atoms with Crippen molar-refractivity contribution in [3.63, 3.8) is 0 Å². The van der Waals surface area contributed by atoms with Gasteiger partial charge in [-0.15, -0.1) is 0 Å². The molecule has 0 aliphatic carbocycles. The molecule has 28 heavy (non-hydrogen) atoms. The van der Waals surface area contributed by atoms with Crippen LogP contribution in [-0.2, 0) is 0 Å². The smallest absolute Gasteiger partial charge is 0.0461 e. The Hall–Kier alpha value is -2.54. The molecule has 3 aromatic rings. The maximum absolute atomic E-state index is 2.40. The highest BCUT2D eigenvalue weighted by Crippen LogP contribution is 2.37. The average molecular weight is 372 g/mol. The van der Waals surface area contributed by atoms with Gasteiger partial charge in [0.2, 0.25) is 0 Å². The molecule has 0 radical (unpaired) electrons. The van der Waals surface area contributed by atoms with Crippen LogP contribution in [0.3, 0.4) is 0 Å². The van der Waals surface area contributed by atoms with Crippen molar-refractivity contribution in [2.45, 2.75) is 52.9 Å². The molecule has 1 heteroatoms. The van der Waals surface area contributed by atoms with Gasteiger partial charge >= 0.3 is 0 Å². The summed E-state index contributed by atoms with van der Waals surface area (Å²) >= 11 is 0. The van der Waals surface area contributed by atoms with Crippen molar-refractivity contribution in [3.05, 3.63) is 90.5 Å². The van der Waals surface area contributed by atoms with Crippen LogP contribution >= 0.6 is 0 Å². The van der Waals surface area contributed by atoms with Gasteiger partial charge in [0.1, 0.15) is 0 Å². The van der Waals surface area contributed by atoms with E-state index < -0.39 is 0 Å². The lowest BCUT2D eigenvalue weighted by Crippen LogP contribution is -2.14. The van der Waals surface area contributed by atoms with Gasteiger partial charge < -0.3 is 4.90 Å². The fourth-order valence-corrected chi connectivity index (χ4v) is 4.28. The average Bonchev–Trinajstić information content (AvgIpc) is 2.70. The molecule has 1 unspecified atom stereocenters. The predicted octanol–water partition coefficient (Wildman–Crippen LogP) is 8.48. The number of hydrogen-bond acceptors (Lipinski definition) is 1. The van der Waals surface area contributed by atoms with Crippen molar-refractivity contribution in [1.29, 1.82) is 0 Å². The normalized spacial score (nSPS) is 12.6. The third kappa shape index (κ3) is 5.04. The van der Waals surface area contributed by atoms with E-state index >= 15 is 0 Å². The molecule has 0 bridgehead atoms. The molecule has 3 rings (SSSR count). The second-order valence-corrected chi connectivity index (χ2v) is 8.62. The summed E-state index contributed by atoms with van der Waals surface area (Å²) in [7, 11) is 0. The van der Waals surface area contributed by atoms with Crippen molar-refractivity contribution >= 4 is 17.1 Å². The summed E-state index contributed by atoms with van der Waals surface area (Å²) in [5.74, 6) is 0.567. The van der Waals surface area contributed by atoms with Crippen molar-refractivity contribution < 1.29 is 0 Å². The monoisotopic (exact) mass is 371 g/mol. The fraction of sp³-hybridized carbons (Fsp3) is 0.333. The number of rotatable bonds is 8. The largest absolute Gasteiger partial charge is 0.311 e. The van der Waals surface area contributed by atoms with Gasteiger partial charge in [-0.2, -0.15) is 0 Å². The zero-order valence-corrected chi connectivity index (χ0v) is 17.7. The highest BCUT2D eigenvalue weighted by Gasteiger charge is 2.21. The fourth-order valence-electron chi connectivity index (χ4n) is 4.28. The quantitative estimate of drug-likeness (QED) is 0.384. The molecule has 0 aromatic heterocycles. The van der Waals surface area contributed by atoms with Crippen molar-refractivity contribution in [2.24, 2.45) is 5.41 Å². The minimum atomic E-state index is 0.396. The molecule has 0 aliphatic rings. The van der Waals surface area contributed by atoms with Crippen LogP contribution in [0.15, 0.2) is 84.9 Å². The summed E-state index contributed by atoms with van der Waals surface area (Å²) in [6.45, 7) is 9.43. The van der Waals surface area contributed by atoms with E-state index in [1.54, 1.807) is 0 Å². The molecule has 0 saturated carbocycles. The third-order valence-corrected chi connectivity index (χ3v) is 5.53. The first kappa shape index (κ1) is 20.2. The van der Waals surface area contributed by atoms with Crippen LogP contribution in [0.2, 0.25) is 0 Å². The molecular formula is C27H33N. The van der Waals surface area contributed by atoms with Crippen LogP contribution in [0.1, 0.15) is 58.4 Å². The third-order valence-electron chi connectivity index (χ3n) is 5.53. The molecule has 0 amide bonds. The van der Waals surface area contributed by atoms with E-state index in [0.717, 1.165) is 0 Å². The first-order valence-corrected chi connectivity index (χ1v) is 10.5. The lowest BCUT2D eigenvalue weighted by molar-refractivity contribution is 0.284. The molecule has 0 heterocycles. The van der Waals surface area contributed by atoms with Crippen LogP contribution in [0.25, 0.3) is 0 Å². The van der Waals surface area contributed by atoms with Crippen molar-refractivity contribution in [3.8, 4) is 0 Å². The summed E-state index contributed by atoms with van der Waals surface area (Å²) in [5, 5.41) is 0. The minimum absolute atomic E-state index is 0.396. The van der Waals surface area contributed by atoms with Gasteiger partial charge in [-0.05, 0) is 66.1 Å². The Labute approximate surface area is 171 Å². The van der Waals surface area contributed by atoms with E-state index in [1.807, 2.05) is 0 Å². The first-order chi connectivity index (χ1) is 13.5. The van der Waals surface area contributed by atoms with Crippen LogP contribution in [0.4, 0.5) is 17.1 Å². The Bertz CT molecular complexity index is 795. The van der Waals surface area contributed by atoms with Crippen LogP contribution < -0.4 is 4.90 Å². The number of benzene rings is 3. The molecule has 0 saturated heterocycles. The molecule has 1 atom stereocenters. The summed E-state index contributed by atoms with van der Waals surface area (Å²) in [5.41, 5.74) is 5.37. The molecule has 3 aromatic carbocycles. The predicted molar refractivity (Wildman–Crippen MR) is 123 cm³/mol. The van der Waals surface area contributed by atoms with Crippen molar-refractivity contribution in [2.75, 3.05) is 4.90 Å². The van der Waals surface area contributed by atoms with E-state index in [-0.39, 0.29) is 0 Å². The van der Waals surface area contributed by atoms with Gasteiger partial charge in [0.05, 0.1) is 0 Å². The van der Waals surface area contributed by atoms with Crippen LogP contribution in [-0.4, -0.2) is 0 Å². The van der Waals surface area contributed by atoms with E-state index in [2.05, 4.69) is 118 Å². The standard InChI is InChI=1S/C27H33N/c1-5-20-27(3,4)21-22(2)23-16-18-26(19-17-23)28(24-12-8-6-9-13-24)25-14-10-7-11-15-25/h6-19,22H,5,20-21H2,1-4H3. The summed E-state index contributed by atoms with van der Waals surface area (Å²) in [4.78, 5) is 2.31. The van der Waals surface area contributed by atoms with Crippen LogP contribution in [0, 0.1) is 5.41 Å². The molecular weight excluding hydrogens is 338 g/mol. The van der Waals surface area contributed by atoms with Gasteiger partial charge in [0, 0.05) is 17.1 Å². The highest BCUT2D eigenvalue weighted by molar-refractivity contribution is 5.76. The topological polar surface area (TPSA) is 3.24 Å². The minimum Gasteiger partial charge on any atom is -0.311 e. The Morgan fingerprint density at radius 3 is 1.64 bits per heavy atom. The summed E-state index contributed by atoms with van der Waals surface area (Å²) in [6.07, 6.45) is 3.76. The van der Waals surface area contributed by atoms with Gasteiger partial charge in [0.25, 0.3) is 0 Å². The molecule has 0 spiro atoms. The maximum atomic E-state index is 2.40. The highest BCUT2D eigenvalue weighted by atomic mass is 15.1. The second-order valence-electron chi connectivity index (χ2n) is 8.62. The molecule has 0 fully saturated rings. The molecule has 146 valence electrons. The van der Waals surface area contributed by atoms with Gasteiger partial charge in [-0.3, -0.25) is 0 Å². The second kappa shape index (κ2) is 9.10. The van der Waals surface area contributed by atoms with Gasteiger partial charge in [-0.1, -0.05) is 82.6 Å². The summed E-state index contributed by atoms with van der Waals surface area (Å²) < 4.78 is 0. The van der Waals surface area contributed by atoms with E-state index in [9.17, 15) is 0 Å². The molecule has 1 nitrogen and oxygen atoms in total. The first-order valence-electron chi connectivity index (χ1n) is 10.5. The Morgan fingerprint density at radius 2 is 1.18 bits per heavy atom. The van der Waals surface area contributed by atoms with Crippen molar-refractivity contribution in [1.82, 2.24) is 0 Å². The maximum Gasteiger partial charge on any atom is 0.0461 e. The number of nitrogens with zero attached hydrogens (tertiary/aromatic N) is 1. The lowest BCUT2D eigenvalue weighted by atomic mass is 9.78. The molecule has 0 N–H and O–H groups in total. The Morgan fingerprint density at radius 1 is 0.714 bits per heavy atom.